The number of ether oxygens (including phenoxy) is 2. The van der Waals surface area contributed by atoms with Gasteiger partial charge in [0.05, 0.1) is 11.9 Å². The molecule has 0 fully saturated rings. The third kappa shape index (κ3) is 4.68. The van der Waals surface area contributed by atoms with Crippen molar-refractivity contribution in [3.63, 3.8) is 0 Å². The van der Waals surface area contributed by atoms with Gasteiger partial charge >= 0.3 is 0 Å². The van der Waals surface area contributed by atoms with Gasteiger partial charge in [-0.25, -0.2) is 12.8 Å². The molecule has 1 amide bonds. The minimum Gasteiger partial charge on any atom is -0.454 e. The molecule has 9 heteroatoms. The molecule has 0 spiro atoms. The molecule has 0 saturated carbocycles. The zero-order chi connectivity index (χ0) is 19.4. The molecular formula is C18H19FN2O5S. The van der Waals surface area contributed by atoms with E-state index in [9.17, 15) is 17.6 Å². The van der Waals surface area contributed by atoms with Crippen LogP contribution in [0.25, 0.3) is 0 Å². The summed E-state index contributed by atoms with van der Waals surface area (Å²) in [5, 5.41) is 2.72. The van der Waals surface area contributed by atoms with Gasteiger partial charge in [0.25, 0.3) is 0 Å². The van der Waals surface area contributed by atoms with Crippen molar-refractivity contribution in [3.05, 3.63) is 48.3 Å². The van der Waals surface area contributed by atoms with Crippen molar-refractivity contribution in [2.75, 3.05) is 29.2 Å². The lowest BCUT2D eigenvalue weighted by Crippen LogP contribution is -2.32. The standard InChI is InChI=1S/C18H19FN2O5S/c1-27(23,24)21(15-6-3-2-5-14(15)19)10-4-7-18(22)20-13-8-9-16-17(11-13)26-12-25-16/h2-3,5-6,8-9,11H,4,7,10,12H2,1H3,(H,20,22). The first-order chi connectivity index (χ1) is 12.8. The fraction of sp³-hybridized carbons (Fsp3) is 0.278. The van der Waals surface area contributed by atoms with E-state index in [4.69, 9.17) is 9.47 Å². The van der Waals surface area contributed by atoms with Crippen LogP contribution < -0.4 is 19.1 Å². The second-order valence-electron chi connectivity index (χ2n) is 6.01. The number of fused-ring (bicyclic) bond motifs is 1. The first-order valence-corrected chi connectivity index (χ1v) is 10.1. The molecule has 1 heterocycles. The summed E-state index contributed by atoms with van der Waals surface area (Å²) in [4.78, 5) is 12.1. The van der Waals surface area contributed by atoms with Gasteiger partial charge in [0, 0.05) is 24.7 Å². The van der Waals surface area contributed by atoms with Gasteiger partial charge in [-0.1, -0.05) is 12.1 Å². The van der Waals surface area contributed by atoms with Crippen LogP contribution in [-0.4, -0.2) is 33.9 Å². The van der Waals surface area contributed by atoms with E-state index in [0.29, 0.717) is 17.2 Å². The minimum atomic E-state index is -3.67. The number of amides is 1. The molecule has 0 unspecified atom stereocenters. The van der Waals surface area contributed by atoms with Crippen molar-refractivity contribution in [3.8, 4) is 11.5 Å². The molecule has 1 aliphatic heterocycles. The molecule has 0 atom stereocenters. The Bertz CT molecular complexity index is 949. The molecule has 2 aromatic rings. The van der Waals surface area contributed by atoms with Crippen molar-refractivity contribution in [1.82, 2.24) is 0 Å². The normalized spacial score (nSPS) is 12.7. The lowest BCUT2D eigenvalue weighted by molar-refractivity contribution is -0.116. The molecule has 2 aromatic carbocycles. The summed E-state index contributed by atoms with van der Waals surface area (Å²) in [5.41, 5.74) is 0.523. The number of anilines is 2. The number of sulfonamides is 1. The Balaban J connectivity index is 1.58. The quantitative estimate of drug-likeness (QED) is 0.781. The molecule has 1 aliphatic rings. The number of rotatable bonds is 7. The third-order valence-corrected chi connectivity index (χ3v) is 5.12. The molecule has 0 saturated heterocycles. The zero-order valence-electron chi connectivity index (χ0n) is 14.6. The Kier molecular flexibility index (Phi) is 5.50. The maximum Gasteiger partial charge on any atom is 0.232 e. The van der Waals surface area contributed by atoms with E-state index in [0.717, 1.165) is 10.6 Å². The van der Waals surface area contributed by atoms with Crippen LogP contribution in [0.1, 0.15) is 12.8 Å². The predicted octanol–water partition coefficient (Wildman–Crippen LogP) is 2.74. The van der Waals surface area contributed by atoms with Crippen molar-refractivity contribution < 1.29 is 27.1 Å². The first-order valence-electron chi connectivity index (χ1n) is 8.26. The molecule has 27 heavy (non-hydrogen) atoms. The SMILES string of the molecule is CS(=O)(=O)N(CCCC(=O)Nc1ccc2c(c1)OCO2)c1ccccc1F. The average molecular weight is 394 g/mol. The summed E-state index contributed by atoms with van der Waals surface area (Å²) < 4.78 is 49.4. The summed E-state index contributed by atoms with van der Waals surface area (Å²) in [6, 6.07) is 10.7. The second kappa shape index (κ2) is 7.83. The fourth-order valence-electron chi connectivity index (χ4n) is 2.70. The Labute approximate surface area is 156 Å². The number of hydrogen-bond donors (Lipinski definition) is 1. The topological polar surface area (TPSA) is 84.9 Å². The number of para-hydroxylation sites is 1. The number of nitrogens with zero attached hydrogens (tertiary/aromatic N) is 1. The molecule has 0 aliphatic carbocycles. The van der Waals surface area contributed by atoms with E-state index in [1.54, 1.807) is 24.3 Å². The summed E-state index contributed by atoms with van der Waals surface area (Å²) in [6.45, 7) is 0.137. The van der Waals surface area contributed by atoms with Gasteiger partial charge in [0.1, 0.15) is 5.82 Å². The van der Waals surface area contributed by atoms with E-state index < -0.39 is 15.8 Å². The van der Waals surface area contributed by atoms with E-state index in [2.05, 4.69) is 5.32 Å². The van der Waals surface area contributed by atoms with E-state index in [-0.39, 0.29) is 37.8 Å². The van der Waals surface area contributed by atoms with Gasteiger partial charge in [-0.2, -0.15) is 0 Å². The smallest absolute Gasteiger partial charge is 0.232 e. The molecule has 3 rings (SSSR count). The summed E-state index contributed by atoms with van der Waals surface area (Å²) >= 11 is 0. The first kappa shape index (κ1) is 19.0. The van der Waals surface area contributed by atoms with Crippen LogP contribution in [-0.2, 0) is 14.8 Å². The van der Waals surface area contributed by atoms with Gasteiger partial charge < -0.3 is 14.8 Å². The largest absolute Gasteiger partial charge is 0.454 e. The van der Waals surface area contributed by atoms with Crippen molar-refractivity contribution >= 4 is 27.3 Å². The number of carbonyl (C=O) groups excluding carboxylic acids is 1. The molecule has 0 aromatic heterocycles. The predicted molar refractivity (Wildman–Crippen MR) is 99.0 cm³/mol. The van der Waals surface area contributed by atoms with Gasteiger partial charge in [0.2, 0.25) is 22.7 Å². The monoisotopic (exact) mass is 394 g/mol. The van der Waals surface area contributed by atoms with Gasteiger partial charge in [-0.05, 0) is 30.7 Å². The van der Waals surface area contributed by atoms with Gasteiger partial charge in [-0.3, -0.25) is 9.10 Å². The number of hydrogen-bond acceptors (Lipinski definition) is 5. The summed E-state index contributed by atoms with van der Waals surface area (Å²) in [7, 11) is -3.67. The van der Waals surface area contributed by atoms with E-state index >= 15 is 0 Å². The fourth-order valence-corrected chi connectivity index (χ4v) is 3.67. The Hall–Kier alpha value is -2.81. The van der Waals surface area contributed by atoms with Crippen LogP contribution in [0, 0.1) is 5.82 Å². The van der Waals surface area contributed by atoms with Crippen LogP contribution in [0.5, 0.6) is 11.5 Å². The summed E-state index contributed by atoms with van der Waals surface area (Å²) in [5.74, 6) is 0.251. The van der Waals surface area contributed by atoms with Crippen LogP contribution in [0.2, 0.25) is 0 Å². The van der Waals surface area contributed by atoms with Crippen molar-refractivity contribution in [2.24, 2.45) is 0 Å². The Morgan fingerprint density at radius 2 is 1.93 bits per heavy atom. The molecular weight excluding hydrogens is 375 g/mol. The van der Waals surface area contributed by atoms with E-state index in [1.807, 2.05) is 0 Å². The van der Waals surface area contributed by atoms with Crippen LogP contribution in [0.3, 0.4) is 0 Å². The lowest BCUT2D eigenvalue weighted by atomic mass is 10.2. The number of carbonyl (C=O) groups is 1. The van der Waals surface area contributed by atoms with Gasteiger partial charge in [-0.15, -0.1) is 0 Å². The molecule has 144 valence electrons. The number of benzene rings is 2. The highest BCUT2D eigenvalue weighted by atomic mass is 32.2. The second-order valence-corrected chi connectivity index (χ2v) is 7.91. The maximum absolute atomic E-state index is 13.9. The molecule has 7 nitrogen and oxygen atoms in total. The highest BCUT2D eigenvalue weighted by Crippen LogP contribution is 2.34. The Morgan fingerprint density at radius 1 is 1.19 bits per heavy atom. The maximum atomic E-state index is 13.9. The van der Waals surface area contributed by atoms with Crippen molar-refractivity contribution in [1.29, 1.82) is 0 Å². The van der Waals surface area contributed by atoms with Crippen LogP contribution >= 0.6 is 0 Å². The number of nitrogens with one attached hydrogen (secondary N) is 1. The molecule has 0 radical (unpaired) electrons. The minimum absolute atomic E-state index is 0.00563. The lowest BCUT2D eigenvalue weighted by Gasteiger charge is -2.22. The zero-order valence-corrected chi connectivity index (χ0v) is 15.5. The van der Waals surface area contributed by atoms with Gasteiger partial charge in [0.15, 0.2) is 11.5 Å². The van der Waals surface area contributed by atoms with Crippen LogP contribution in [0.4, 0.5) is 15.8 Å². The van der Waals surface area contributed by atoms with E-state index in [1.165, 1.54) is 18.2 Å². The Morgan fingerprint density at radius 3 is 2.67 bits per heavy atom. The summed E-state index contributed by atoms with van der Waals surface area (Å²) in [6.07, 6.45) is 1.32. The highest BCUT2D eigenvalue weighted by Gasteiger charge is 2.20. The highest BCUT2D eigenvalue weighted by molar-refractivity contribution is 7.92. The van der Waals surface area contributed by atoms with Crippen molar-refractivity contribution in [2.45, 2.75) is 12.8 Å². The molecule has 1 N–H and O–H groups in total. The number of halogens is 1. The molecule has 0 bridgehead atoms. The van der Waals surface area contributed by atoms with Crippen LogP contribution in [0.15, 0.2) is 42.5 Å². The average Bonchev–Trinajstić information content (AvgIpc) is 3.06. The third-order valence-electron chi connectivity index (χ3n) is 3.94.